The number of rotatable bonds is 8. The van der Waals surface area contributed by atoms with Gasteiger partial charge in [-0.1, -0.05) is 156 Å². The summed E-state index contributed by atoms with van der Waals surface area (Å²) in [7, 11) is -4.05. The zero-order valence-electron chi connectivity index (χ0n) is 38.5. The highest BCUT2D eigenvalue weighted by Gasteiger charge is 2.36. The van der Waals surface area contributed by atoms with E-state index in [-0.39, 0.29) is 21.4 Å². The van der Waals surface area contributed by atoms with E-state index in [4.69, 9.17) is 10.2 Å². The summed E-state index contributed by atoms with van der Waals surface area (Å²) < 4.78 is 28.6. The van der Waals surface area contributed by atoms with Crippen LogP contribution in [0.2, 0.25) is 0 Å². The molecule has 2 aliphatic carbocycles. The molecule has 0 atom stereocenters. The SMILES string of the molecule is CC(C)(C)C1=CC(=C(N=Nc2cccc(S(=O)(=O)c3cccc(N=NC(=C4C=C(C(C)(C)C)C(=O)C(C(C)(C)C)=C4)c4ccccc4)c3)c2)c2ccccc2)C=C(C(C)(C)C)C1=O. The number of hydrogen-bond acceptors (Lipinski definition) is 8. The van der Waals surface area contributed by atoms with E-state index in [1.165, 1.54) is 24.3 Å². The van der Waals surface area contributed by atoms with E-state index in [9.17, 15) is 18.0 Å². The van der Waals surface area contributed by atoms with Gasteiger partial charge in [0, 0.05) is 44.6 Å². The largest absolute Gasteiger partial charge is 0.289 e. The van der Waals surface area contributed by atoms with Gasteiger partial charge in [-0.2, -0.15) is 10.2 Å². The minimum Gasteiger partial charge on any atom is -0.289 e. The van der Waals surface area contributed by atoms with Crippen molar-refractivity contribution in [2.75, 3.05) is 0 Å². The van der Waals surface area contributed by atoms with Crippen molar-refractivity contribution in [1.82, 2.24) is 0 Å². The van der Waals surface area contributed by atoms with Crippen LogP contribution < -0.4 is 0 Å². The molecule has 0 saturated carbocycles. The van der Waals surface area contributed by atoms with Crippen LogP contribution in [0.25, 0.3) is 11.4 Å². The number of allylic oxidation sites excluding steroid dienone is 10. The molecular formula is C54H58N4O4S. The normalized spacial score (nSPS) is 15.7. The molecule has 4 aromatic carbocycles. The fraction of sp³-hybridized carbons (Fsp3) is 0.296. The van der Waals surface area contributed by atoms with Crippen molar-refractivity contribution < 1.29 is 18.0 Å². The predicted molar refractivity (Wildman–Crippen MR) is 254 cm³/mol. The minimum atomic E-state index is -4.05. The third kappa shape index (κ3) is 10.5. The average molecular weight is 859 g/mol. The van der Waals surface area contributed by atoms with Crippen molar-refractivity contribution in [3.8, 4) is 0 Å². The Labute approximate surface area is 373 Å². The summed E-state index contributed by atoms with van der Waals surface area (Å²) in [5, 5.41) is 18.7. The van der Waals surface area contributed by atoms with Gasteiger partial charge in [-0.15, -0.1) is 10.2 Å². The van der Waals surface area contributed by atoms with Crippen molar-refractivity contribution in [3.63, 3.8) is 0 Å². The molecule has 4 aromatic rings. The Hall–Kier alpha value is -6.19. The van der Waals surface area contributed by atoms with Crippen LogP contribution in [0.1, 0.15) is 94.2 Å². The van der Waals surface area contributed by atoms with Crippen molar-refractivity contribution in [2.24, 2.45) is 42.1 Å². The summed E-state index contributed by atoms with van der Waals surface area (Å²) in [5.41, 5.74) is 5.89. The molecule has 0 radical (unpaired) electrons. The molecule has 0 unspecified atom stereocenters. The van der Waals surface area contributed by atoms with Gasteiger partial charge in [0.25, 0.3) is 0 Å². The lowest BCUT2D eigenvalue weighted by atomic mass is 9.71. The Morgan fingerprint density at radius 3 is 1.00 bits per heavy atom. The first kappa shape index (κ1) is 46.3. The fourth-order valence-electron chi connectivity index (χ4n) is 7.29. The number of carbonyl (C=O) groups excluding carboxylic acids is 2. The lowest BCUT2D eigenvalue weighted by Gasteiger charge is -2.31. The van der Waals surface area contributed by atoms with E-state index < -0.39 is 31.5 Å². The number of ketones is 2. The number of Topliss-reactive ketones (excluding diaryl/α,β-unsaturated/α-hetero) is 2. The second kappa shape index (κ2) is 17.5. The molecule has 0 saturated heterocycles. The van der Waals surface area contributed by atoms with Gasteiger partial charge in [0.2, 0.25) is 9.84 Å². The van der Waals surface area contributed by atoms with Gasteiger partial charge in [-0.05, 0) is 82.4 Å². The third-order valence-electron chi connectivity index (χ3n) is 10.8. The highest BCUT2D eigenvalue weighted by molar-refractivity contribution is 7.91. The highest BCUT2D eigenvalue weighted by atomic mass is 32.2. The van der Waals surface area contributed by atoms with E-state index in [2.05, 4.69) is 10.2 Å². The molecule has 2 aliphatic rings. The number of azo groups is 2. The molecule has 0 spiro atoms. The Morgan fingerprint density at radius 2 is 0.714 bits per heavy atom. The maximum Gasteiger partial charge on any atom is 0.206 e. The zero-order valence-corrected chi connectivity index (χ0v) is 39.3. The number of benzene rings is 4. The van der Waals surface area contributed by atoms with Crippen LogP contribution in [-0.4, -0.2) is 20.0 Å². The van der Waals surface area contributed by atoms with Crippen LogP contribution in [-0.2, 0) is 19.4 Å². The first-order chi connectivity index (χ1) is 29.4. The quantitative estimate of drug-likeness (QED) is 0.164. The second-order valence-electron chi connectivity index (χ2n) is 20.1. The maximum atomic E-state index is 14.3. The molecule has 0 heterocycles. The molecule has 6 rings (SSSR count). The number of sulfone groups is 1. The fourth-order valence-corrected chi connectivity index (χ4v) is 8.63. The topological polar surface area (TPSA) is 118 Å². The lowest BCUT2D eigenvalue weighted by molar-refractivity contribution is -0.114. The van der Waals surface area contributed by atoms with Gasteiger partial charge in [-0.3, -0.25) is 9.59 Å². The molecule has 0 aliphatic heterocycles. The van der Waals surface area contributed by atoms with E-state index in [1.807, 2.05) is 168 Å². The summed E-state index contributed by atoms with van der Waals surface area (Å²) in [6.45, 7) is 24.3. The van der Waals surface area contributed by atoms with Crippen LogP contribution in [0.15, 0.2) is 197 Å². The second-order valence-corrected chi connectivity index (χ2v) is 22.1. The van der Waals surface area contributed by atoms with Crippen LogP contribution >= 0.6 is 0 Å². The van der Waals surface area contributed by atoms with Crippen molar-refractivity contribution in [2.45, 2.75) is 92.9 Å². The molecule has 9 heteroatoms. The summed E-state index contributed by atoms with van der Waals surface area (Å²) in [5.74, 6) is 0.0293. The Kier molecular flexibility index (Phi) is 12.9. The van der Waals surface area contributed by atoms with Crippen LogP contribution in [0.5, 0.6) is 0 Å². The highest BCUT2D eigenvalue weighted by Crippen LogP contribution is 2.43. The van der Waals surface area contributed by atoms with Crippen molar-refractivity contribution >= 4 is 44.2 Å². The summed E-state index contributed by atoms with van der Waals surface area (Å²) in [6, 6.07) is 32.0. The smallest absolute Gasteiger partial charge is 0.206 e. The molecule has 0 amide bonds. The van der Waals surface area contributed by atoms with E-state index in [0.717, 1.165) is 22.3 Å². The van der Waals surface area contributed by atoms with E-state index in [0.29, 0.717) is 45.1 Å². The van der Waals surface area contributed by atoms with Gasteiger partial charge in [0.1, 0.15) is 11.4 Å². The Bertz CT molecular complexity index is 2560. The number of carbonyl (C=O) groups is 2. The predicted octanol–water partition coefficient (Wildman–Crippen LogP) is 14.6. The standard InChI is InChI=1S/C54H58N4O4S/c1-51(2,3)43-29-37(30-44(49(43)59)52(4,5)6)47(35-21-15-13-16-22-35)57-55-39-25-19-27-41(33-39)63(61,62)42-28-20-26-40(34-42)56-58-48(36-23-17-14-18-24-36)38-31-45(53(7,8)9)50(60)46(32-38)54(10,11)12/h13-34H,1-12H3. The molecule has 324 valence electrons. The molecule has 0 fully saturated rings. The first-order valence-electron chi connectivity index (χ1n) is 21.2. The molecule has 0 bridgehead atoms. The lowest BCUT2D eigenvalue weighted by Crippen LogP contribution is -2.28. The van der Waals surface area contributed by atoms with Gasteiger partial charge >= 0.3 is 0 Å². The third-order valence-corrected chi connectivity index (χ3v) is 12.6. The summed E-state index contributed by atoms with van der Waals surface area (Å²) in [4.78, 5) is 27.6. The zero-order chi connectivity index (χ0) is 46.1. The van der Waals surface area contributed by atoms with Gasteiger partial charge in [0.05, 0.1) is 21.2 Å². The van der Waals surface area contributed by atoms with Crippen LogP contribution in [0.3, 0.4) is 0 Å². The molecule has 8 nitrogen and oxygen atoms in total. The molecule has 63 heavy (non-hydrogen) atoms. The molecule has 0 aromatic heterocycles. The molecule has 0 N–H and O–H groups in total. The van der Waals surface area contributed by atoms with E-state index >= 15 is 0 Å². The minimum absolute atomic E-state index is 0.0146. The van der Waals surface area contributed by atoms with E-state index in [1.54, 1.807) is 24.3 Å². The van der Waals surface area contributed by atoms with Crippen molar-refractivity contribution in [1.29, 1.82) is 0 Å². The van der Waals surface area contributed by atoms with Gasteiger partial charge < -0.3 is 0 Å². The summed E-state index contributed by atoms with van der Waals surface area (Å²) in [6.07, 6.45) is 7.61. The monoisotopic (exact) mass is 858 g/mol. The van der Waals surface area contributed by atoms with Crippen molar-refractivity contribution in [3.05, 3.63) is 178 Å². The van der Waals surface area contributed by atoms with Crippen LogP contribution in [0, 0.1) is 21.7 Å². The van der Waals surface area contributed by atoms with Gasteiger partial charge in [0.15, 0.2) is 11.6 Å². The molecular weight excluding hydrogens is 801 g/mol. The Morgan fingerprint density at radius 1 is 0.413 bits per heavy atom. The summed E-state index contributed by atoms with van der Waals surface area (Å²) >= 11 is 0. The number of hydrogen-bond donors (Lipinski definition) is 0. The Balaban J connectivity index is 1.40. The van der Waals surface area contributed by atoms with Crippen LogP contribution in [0.4, 0.5) is 11.4 Å². The number of nitrogens with zero attached hydrogens (tertiary/aromatic N) is 4. The first-order valence-corrected chi connectivity index (χ1v) is 22.7. The average Bonchev–Trinajstić information content (AvgIpc) is 3.21. The van der Waals surface area contributed by atoms with Gasteiger partial charge in [-0.25, -0.2) is 8.42 Å². The maximum absolute atomic E-state index is 14.3.